The smallest absolute Gasteiger partial charge is 0.246 e. The van der Waals surface area contributed by atoms with Gasteiger partial charge in [-0.1, -0.05) is 0 Å². The molecule has 0 aliphatic carbocycles. The molecule has 2 rings (SSSR count). The molecule has 4 heteroatoms. The van der Waals surface area contributed by atoms with Crippen molar-refractivity contribution in [1.29, 1.82) is 0 Å². The largest absolute Gasteiger partial charge is 0.313 e. The molecule has 0 saturated carbocycles. The highest BCUT2D eigenvalue weighted by atomic mass is 32.1. The van der Waals surface area contributed by atoms with Gasteiger partial charge in [0.25, 0.3) is 0 Å². The van der Waals surface area contributed by atoms with Crippen LogP contribution in [0.3, 0.4) is 0 Å². The van der Waals surface area contributed by atoms with Gasteiger partial charge in [0, 0.05) is 11.4 Å². The highest BCUT2D eigenvalue weighted by Crippen LogP contribution is 2.34. The van der Waals surface area contributed by atoms with Crippen molar-refractivity contribution in [3.8, 4) is 0 Å². The molecule has 0 spiro atoms. The van der Waals surface area contributed by atoms with E-state index in [0.29, 0.717) is 13.0 Å². The first-order valence-electron chi connectivity index (χ1n) is 4.34. The van der Waals surface area contributed by atoms with Crippen LogP contribution < -0.4 is 5.32 Å². The normalized spacial score (nSPS) is 22.8. The minimum absolute atomic E-state index is 0.547. The zero-order valence-electron chi connectivity index (χ0n) is 7.09. The van der Waals surface area contributed by atoms with Gasteiger partial charge in [-0.05, 0) is 30.0 Å². The third-order valence-corrected chi connectivity index (χ3v) is 3.46. The summed E-state index contributed by atoms with van der Waals surface area (Å²) >= 11 is 1.46. The molecular formula is C9H11F2NS. The molecule has 1 nitrogen and oxygen atoms in total. The van der Waals surface area contributed by atoms with E-state index in [9.17, 15) is 8.78 Å². The number of hydrogen-bond acceptors (Lipinski definition) is 2. The number of halogens is 2. The zero-order valence-corrected chi connectivity index (χ0v) is 7.91. The van der Waals surface area contributed by atoms with E-state index in [4.69, 9.17) is 0 Å². The molecule has 13 heavy (non-hydrogen) atoms. The van der Waals surface area contributed by atoms with Gasteiger partial charge >= 0.3 is 0 Å². The third-order valence-electron chi connectivity index (χ3n) is 2.37. The van der Waals surface area contributed by atoms with Gasteiger partial charge in [0.2, 0.25) is 6.43 Å². The maximum absolute atomic E-state index is 12.6. The summed E-state index contributed by atoms with van der Waals surface area (Å²) in [6.07, 6.45) is -1.68. The summed E-state index contributed by atoms with van der Waals surface area (Å²) in [6.45, 7) is 1.43. The Labute approximate surface area is 79.8 Å². The average molecular weight is 203 g/mol. The van der Waals surface area contributed by atoms with Crippen molar-refractivity contribution in [3.63, 3.8) is 0 Å². The van der Waals surface area contributed by atoms with Crippen LogP contribution in [-0.2, 0) is 6.54 Å². The van der Waals surface area contributed by atoms with Crippen LogP contribution in [-0.4, -0.2) is 13.0 Å². The van der Waals surface area contributed by atoms with Gasteiger partial charge in [-0.25, -0.2) is 8.78 Å². The number of thiophene rings is 1. The lowest BCUT2D eigenvalue weighted by molar-refractivity contribution is 0.112. The number of hydrogen-bond donors (Lipinski definition) is 1. The van der Waals surface area contributed by atoms with Crippen LogP contribution in [0.4, 0.5) is 8.78 Å². The van der Waals surface area contributed by atoms with Crippen LogP contribution in [0, 0.1) is 0 Å². The average Bonchev–Trinajstić information content (AvgIpc) is 2.44. The second-order valence-corrected chi connectivity index (χ2v) is 4.16. The van der Waals surface area contributed by atoms with E-state index >= 15 is 0 Å². The van der Waals surface area contributed by atoms with E-state index in [1.165, 1.54) is 11.3 Å². The zero-order chi connectivity index (χ0) is 9.26. The molecule has 0 amide bonds. The molecule has 1 aliphatic heterocycles. The monoisotopic (exact) mass is 203 g/mol. The highest BCUT2D eigenvalue weighted by molar-refractivity contribution is 7.10. The first-order valence-corrected chi connectivity index (χ1v) is 5.22. The standard InChI is InChI=1S/C9H11F2NS/c10-9(11)7-1-3-12-5-6-2-4-13-8(6)7/h2,4,7,9,12H,1,3,5H2. The lowest BCUT2D eigenvalue weighted by Crippen LogP contribution is -2.14. The minimum atomic E-state index is -2.22. The Balaban J connectivity index is 2.30. The van der Waals surface area contributed by atoms with Gasteiger partial charge in [0.05, 0.1) is 5.92 Å². The molecule has 0 aromatic carbocycles. The van der Waals surface area contributed by atoms with Crippen molar-refractivity contribution in [2.75, 3.05) is 6.54 Å². The molecule has 2 heterocycles. The molecule has 1 aliphatic rings. The van der Waals surface area contributed by atoms with E-state index in [2.05, 4.69) is 5.32 Å². The van der Waals surface area contributed by atoms with Crippen molar-refractivity contribution >= 4 is 11.3 Å². The molecule has 0 fully saturated rings. The van der Waals surface area contributed by atoms with Gasteiger partial charge < -0.3 is 5.32 Å². The SMILES string of the molecule is FC(F)C1CCNCc2ccsc21. The number of nitrogens with one attached hydrogen (secondary N) is 1. The predicted molar refractivity (Wildman–Crippen MR) is 49.4 cm³/mol. The second-order valence-electron chi connectivity index (χ2n) is 3.22. The van der Waals surface area contributed by atoms with E-state index < -0.39 is 12.3 Å². The van der Waals surface area contributed by atoms with Crippen LogP contribution in [0.15, 0.2) is 11.4 Å². The van der Waals surface area contributed by atoms with Crippen LogP contribution in [0.25, 0.3) is 0 Å². The summed E-state index contributed by atoms with van der Waals surface area (Å²) < 4.78 is 25.3. The molecule has 1 N–H and O–H groups in total. The van der Waals surface area contributed by atoms with Crippen molar-refractivity contribution < 1.29 is 8.78 Å². The summed E-state index contributed by atoms with van der Waals surface area (Å²) in [5.41, 5.74) is 1.05. The van der Waals surface area contributed by atoms with Crippen molar-refractivity contribution in [2.24, 2.45) is 0 Å². The maximum Gasteiger partial charge on any atom is 0.246 e. The molecule has 72 valence electrons. The Morgan fingerprint density at radius 3 is 3.15 bits per heavy atom. The Hall–Kier alpha value is -0.480. The topological polar surface area (TPSA) is 12.0 Å². The first-order chi connectivity index (χ1) is 6.29. The van der Waals surface area contributed by atoms with E-state index in [1.54, 1.807) is 0 Å². The molecular weight excluding hydrogens is 192 g/mol. The van der Waals surface area contributed by atoms with E-state index in [-0.39, 0.29) is 0 Å². The van der Waals surface area contributed by atoms with Crippen molar-refractivity contribution in [3.05, 3.63) is 21.9 Å². The first kappa shape index (κ1) is 9.09. The number of fused-ring (bicyclic) bond motifs is 1. The third kappa shape index (κ3) is 1.74. The summed E-state index contributed by atoms with van der Waals surface area (Å²) in [6, 6.07) is 1.94. The van der Waals surface area contributed by atoms with Crippen molar-refractivity contribution in [1.82, 2.24) is 5.32 Å². The molecule has 1 unspecified atom stereocenters. The van der Waals surface area contributed by atoms with Crippen LogP contribution in [0.5, 0.6) is 0 Å². The lowest BCUT2D eigenvalue weighted by Gasteiger charge is -2.12. The van der Waals surface area contributed by atoms with Crippen molar-refractivity contribution in [2.45, 2.75) is 25.3 Å². The fourth-order valence-electron chi connectivity index (χ4n) is 1.67. The van der Waals surface area contributed by atoms with Gasteiger partial charge in [-0.2, -0.15) is 0 Å². The van der Waals surface area contributed by atoms with E-state index in [1.807, 2.05) is 11.4 Å². The van der Waals surface area contributed by atoms with Crippen LogP contribution in [0.1, 0.15) is 22.8 Å². The Bertz CT molecular complexity index is 285. The highest BCUT2D eigenvalue weighted by Gasteiger charge is 2.27. The quantitative estimate of drug-likeness (QED) is 0.739. The summed E-state index contributed by atoms with van der Waals surface area (Å²) in [7, 11) is 0. The Morgan fingerprint density at radius 2 is 2.38 bits per heavy atom. The summed E-state index contributed by atoms with van der Waals surface area (Å²) in [5.74, 6) is -0.551. The fraction of sp³-hybridized carbons (Fsp3) is 0.556. The summed E-state index contributed by atoms with van der Waals surface area (Å²) in [4.78, 5) is 0.875. The number of alkyl halides is 2. The molecule has 0 bridgehead atoms. The second kappa shape index (κ2) is 3.72. The van der Waals surface area contributed by atoms with Gasteiger partial charge in [-0.3, -0.25) is 0 Å². The number of rotatable bonds is 1. The van der Waals surface area contributed by atoms with Crippen LogP contribution >= 0.6 is 11.3 Å². The minimum Gasteiger partial charge on any atom is -0.313 e. The van der Waals surface area contributed by atoms with Gasteiger partial charge in [0.1, 0.15) is 0 Å². The Morgan fingerprint density at radius 1 is 1.54 bits per heavy atom. The molecule has 0 radical (unpaired) electrons. The van der Waals surface area contributed by atoms with Gasteiger partial charge in [0.15, 0.2) is 0 Å². The fourth-order valence-corrected chi connectivity index (χ4v) is 2.74. The van der Waals surface area contributed by atoms with E-state index in [0.717, 1.165) is 17.0 Å². The maximum atomic E-state index is 12.6. The molecule has 1 aromatic rings. The summed E-state index contributed by atoms with van der Waals surface area (Å²) in [5, 5.41) is 5.04. The molecule has 1 atom stereocenters. The van der Waals surface area contributed by atoms with Gasteiger partial charge in [-0.15, -0.1) is 11.3 Å². The van der Waals surface area contributed by atoms with Crippen LogP contribution in [0.2, 0.25) is 0 Å². The lowest BCUT2D eigenvalue weighted by atomic mass is 10.0. The molecule has 1 aromatic heterocycles. The molecule has 0 saturated heterocycles. The predicted octanol–water partition coefficient (Wildman–Crippen LogP) is 2.59. The Kier molecular flexibility index (Phi) is 2.60.